The lowest BCUT2D eigenvalue weighted by atomic mass is 9.98. The molecule has 0 aliphatic heterocycles. The van der Waals surface area contributed by atoms with Gasteiger partial charge in [0.15, 0.2) is 0 Å². The zero-order valence-electron chi connectivity index (χ0n) is 10.2. The molecule has 0 aromatic heterocycles. The minimum Gasteiger partial charge on any atom is -0.0827 e. The van der Waals surface area contributed by atoms with Gasteiger partial charge in [0.05, 0.1) is 10.0 Å². The predicted octanol–water partition coefficient (Wildman–Crippen LogP) is 5.68. The smallest absolute Gasteiger partial charge is 0.0627 e. The maximum Gasteiger partial charge on any atom is 0.0627 e. The molecule has 0 amide bonds. The summed E-state index contributed by atoms with van der Waals surface area (Å²) < 4.78 is 0. The molecular weight excluding hydrogens is 239 g/mol. The van der Waals surface area contributed by atoms with Gasteiger partial charge in [0.1, 0.15) is 0 Å². The zero-order chi connectivity index (χ0) is 12.0. The number of rotatable bonds is 6. The van der Waals surface area contributed by atoms with E-state index in [9.17, 15) is 0 Å². The first-order valence-electron chi connectivity index (χ1n) is 6.16. The van der Waals surface area contributed by atoms with E-state index in [1.807, 2.05) is 6.07 Å². The third-order valence-corrected chi connectivity index (χ3v) is 3.72. The lowest BCUT2D eigenvalue weighted by molar-refractivity contribution is 0.758. The Labute approximate surface area is 109 Å². The average molecular weight is 259 g/mol. The second kappa shape index (κ2) is 7.19. The summed E-state index contributed by atoms with van der Waals surface area (Å²) >= 11 is 12.3. The van der Waals surface area contributed by atoms with Crippen molar-refractivity contribution in [3.63, 3.8) is 0 Å². The van der Waals surface area contributed by atoms with Crippen LogP contribution in [0.3, 0.4) is 0 Å². The van der Waals surface area contributed by atoms with Crippen molar-refractivity contribution in [2.24, 2.45) is 0 Å². The number of hydrogen-bond acceptors (Lipinski definition) is 0. The SMILES string of the molecule is CCCCc1ccc(Cl)c(Cl)c1CCCC. The van der Waals surface area contributed by atoms with E-state index < -0.39 is 0 Å². The number of benzene rings is 1. The molecular formula is C14H20Cl2. The topological polar surface area (TPSA) is 0 Å². The third kappa shape index (κ3) is 3.68. The average Bonchev–Trinajstić information content (AvgIpc) is 2.29. The molecule has 0 spiro atoms. The molecule has 1 aromatic rings. The highest BCUT2D eigenvalue weighted by Crippen LogP contribution is 2.30. The Morgan fingerprint density at radius 1 is 0.938 bits per heavy atom. The van der Waals surface area contributed by atoms with Crippen LogP contribution < -0.4 is 0 Å². The van der Waals surface area contributed by atoms with Crippen molar-refractivity contribution in [2.45, 2.75) is 52.4 Å². The van der Waals surface area contributed by atoms with Crippen LogP contribution in [0.5, 0.6) is 0 Å². The van der Waals surface area contributed by atoms with Crippen LogP contribution in [0.1, 0.15) is 50.7 Å². The molecule has 1 rings (SSSR count). The minimum atomic E-state index is 0.688. The number of halogens is 2. The fourth-order valence-electron chi connectivity index (χ4n) is 1.86. The Bertz CT molecular complexity index is 332. The Hall–Kier alpha value is -0.200. The number of hydrogen-bond donors (Lipinski definition) is 0. The van der Waals surface area contributed by atoms with Gasteiger partial charge in [-0.2, -0.15) is 0 Å². The monoisotopic (exact) mass is 258 g/mol. The van der Waals surface area contributed by atoms with Crippen LogP contribution in [0.15, 0.2) is 12.1 Å². The Kier molecular flexibility index (Phi) is 6.23. The van der Waals surface area contributed by atoms with E-state index in [1.165, 1.54) is 36.8 Å². The molecule has 0 fully saturated rings. The van der Waals surface area contributed by atoms with E-state index >= 15 is 0 Å². The van der Waals surface area contributed by atoms with E-state index in [-0.39, 0.29) is 0 Å². The molecule has 1 aromatic carbocycles. The van der Waals surface area contributed by atoms with Gasteiger partial charge in [0.2, 0.25) is 0 Å². The summed E-state index contributed by atoms with van der Waals surface area (Å²) in [6, 6.07) is 4.05. The molecule has 0 saturated carbocycles. The van der Waals surface area contributed by atoms with Crippen molar-refractivity contribution in [3.8, 4) is 0 Å². The normalized spacial score (nSPS) is 10.8. The first-order valence-corrected chi connectivity index (χ1v) is 6.92. The van der Waals surface area contributed by atoms with Gasteiger partial charge in [-0.3, -0.25) is 0 Å². The summed E-state index contributed by atoms with van der Waals surface area (Å²) in [5, 5.41) is 1.46. The quantitative estimate of drug-likeness (QED) is 0.616. The molecule has 0 heterocycles. The summed E-state index contributed by atoms with van der Waals surface area (Å²) in [6.07, 6.45) is 6.97. The second-order valence-corrected chi connectivity index (χ2v) is 4.99. The first kappa shape index (κ1) is 13.9. The Morgan fingerprint density at radius 3 is 2.19 bits per heavy atom. The highest BCUT2D eigenvalue weighted by molar-refractivity contribution is 6.42. The van der Waals surface area contributed by atoms with E-state index in [1.54, 1.807) is 0 Å². The van der Waals surface area contributed by atoms with Crippen LogP contribution in [0.2, 0.25) is 10.0 Å². The van der Waals surface area contributed by atoms with Crippen LogP contribution in [-0.2, 0) is 12.8 Å². The summed E-state index contributed by atoms with van der Waals surface area (Å²) in [7, 11) is 0. The van der Waals surface area contributed by atoms with Crippen molar-refractivity contribution < 1.29 is 0 Å². The van der Waals surface area contributed by atoms with Gasteiger partial charge in [-0.05, 0) is 42.9 Å². The molecule has 0 aliphatic carbocycles. The maximum atomic E-state index is 6.28. The van der Waals surface area contributed by atoms with Crippen molar-refractivity contribution in [2.75, 3.05) is 0 Å². The van der Waals surface area contributed by atoms with Gasteiger partial charge in [-0.15, -0.1) is 0 Å². The van der Waals surface area contributed by atoms with Gasteiger partial charge >= 0.3 is 0 Å². The molecule has 2 heteroatoms. The fraction of sp³-hybridized carbons (Fsp3) is 0.571. The lowest BCUT2D eigenvalue weighted by Gasteiger charge is -2.12. The molecule has 0 saturated heterocycles. The van der Waals surface area contributed by atoms with Gasteiger partial charge in [0, 0.05) is 0 Å². The standard InChI is InChI=1S/C14H20Cl2/c1-3-5-7-11-9-10-13(15)14(16)12(11)8-6-4-2/h9-10H,3-8H2,1-2H3. The van der Waals surface area contributed by atoms with E-state index in [2.05, 4.69) is 19.9 Å². The third-order valence-electron chi connectivity index (χ3n) is 2.87. The summed E-state index contributed by atoms with van der Waals surface area (Å²) in [5.74, 6) is 0. The van der Waals surface area contributed by atoms with Crippen LogP contribution in [-0.4, -0.2) is 0 Å². The van der Waals surface area contributed by atoms with Crippen LogP contribution in [0.25, 0.3) is 0 Å². The number of unbranched alkanes of at least 4 members (excludes halogenated alkanes) is 2. The Morgan fingerprint density at radius 2 is 1.56 bits per heavy atom. The Balaban J connectivity index is 2.91. The van der Waals surface area contributed by atoms with Crippen molar-refractivity contribution in [1.82, 2.24) is 0 Å². The molecule has 0 nitrogen and oxygen atoms in total. The molecule has 16 heavy (non-hydrogen) atoms. The molecule has 0 radical (unpaired) electrons. The number of aryl methyl sites for hydroxylation is 1. The van der Waals surface area contributed by atoms with E-state index in [4.69, 9.17) is 23.2 Å². The summed E-state index contributed by atoms with van der Waals surface area (Å²) in [4.78, 5) is 0. The van der Waals surface area contributed by atoms with Crippen molar-refractivity contribution >= 4 is 23.2 Å². The fourth-order valence-corrected chi connectivity index (χ4v) is 2.31. The molecule has 0 bridgehead atoms. The van der Waals surface area contributed by atoms with Crippen LogP contribution in [0.4, 0.5) is 0 Å². The molecule has 0 N–H and O–H groups in total. The predicted molar refractivity (Wildman–Crippen MR) is 73.7 cm³/mol. The molecule has 90 valence electrons. The van der Waals surface area contributed by atoms with E-state index in [0.29, 0.717) is 5.02 Å². The molecule has 0 aliphatic rings. The maximum absolute atomic E-state index is 6.28. The second-order valence-electron chi connectivity index (χ2n) is 4.21. The lowest BCUT2D eigenvalue weighted by Crippen LogP contribution is -1.96. The van der Waals surface area contributed by atoms with Crippen molar-refractivity contribution in [1.29, 1.82) is 0 Å². The highest BCUT2D eigenvalue weighted by atomic mass is 35.5. The summed E-state index contributed by atoms with van der Waals surface area (Å²) in [6.45, 7) is 4.41. The van der Waals surface area contributed by atoms with Gasteiger partial charge in [-0.1, -0.05) is 56.0 Å². The minimum absolute atomic E-state index is 0.688. The highest BCUT2D eigenvalue weighted by Gasteiger charge is 2.09. The summed E-state index contributed by atoms with van der Waals surface area (Å²) in [5.41, 5.74) is 2.65. The van der Waals surface area contributed by atoms with Crippen LogP contribution in [0, 0.1) is 0 Å². The van der Waals surface area contributed by atoms with Gasteiger partial charge < -0.3 is 0 Å². The molecule has 0 unspecified atom stereocenters. The van der Waals surface area contributed by atoms with Crippen LogP contribution >= 0.6 is 23.2 Å². The first-order chi connectivity index (χ1) is 7.70. The zero-order valence-corrected chi connectivity index (χ0v) is 11.7. The molecule has 0 atom stereocenters. The van der Waals surface area contributed by atoms with Crippen molar-refractivity contribution in [3.05, 3.63) is 33.3 Å². The van der Waals surface area contributed by atoms with E-state index in [0.717, 1.165) is 17.9 Å². The largest absolute Gasteiger partial charge is 0.0827 e. The van der Waals surface area contributed by atoms with Gasteiger partial charge in [0.25, 0.3) is 0 Å². The van der Waals surface area contributed by atoms with Gasteiger partial charge in [-0.25, -0.2) is 0 Å².